The summed E-state index contributed by atoms with van der Waals surface area (Å²) in [4.78, 5) is 17.3. The summed E-state index contributed by atoms with van der Waals surface area (Å²) in [5, 5.41) is 3.66. The average molecular weight is 358 g/mol. The number of hydrogen-bond acceptors (Lipinski definition) is 3. The smallest absolute Gasteiger partial charge is 0.251 e. The molecule has 1 amide bonds. The lowest BCUT2D eigenvalue weighted by Gasteiger charge is -2.38. The summed E-state index contributed by atoms with van der Waals surface area (Å²) in [6, 6.07) is 17.6. The predicted molar refractivity (Wildman–Crippen MR) is 102 cm³/mol. The van der Waals surface area contributed by atoms with Crippen molar-refractivity contribution >= 4 is 17.5 Å². The third kappa shape index (κ3) is 4.82. The number of likely N-dealkylation sites (N-methyl/N-ethyl adjacent to an activating group) is 1. The molecule has 1 saturated heterocycles. The van der Waals surface area contributed by atoms with Gasteiger partial charge in [0.15, 0.2) is 0 Å². The summed E-state index contributed by atoms with van der Waals surface area (Å²) in [5.74, 6) is -0.0856. The quantitative estimate of drug-likeness (QED) is 0.893. The van der Waals surface area contributed by atoms with Gasteiger partial charge >= 0.3 is 0 Å². The zero-order chi connectivity index (χ0) is 17.6. The molecule has 1 unspecified atom stereocenters. The second-order valence-corrected chi connectivity index (χ2v) is 6.92. The molecule has 1 aliphatic heterocycles. The van der Waals surface area contributed by atoms with E-state index in [0.29, 0.717) is 17.1 Å². The molecule has 3 rings (SSSR count). The van der Waals surface area contributed by atoms with Crippen molar-refractivity contribution in [3.05, 3.63) is 70.7 Å². The summed E-state index contributed by atoms with van der Waals surface area (Å²) in [5.41, 5.74) is 1.83. The van der Waals surface area contributed by atoms with Crippen LogP contribution in [-0.4, -0.2) is 55.5 Å². The molecule has 0 aromatic heterocycles. The van der Waals surface area contributed by atoms with Crippen LogP contribution in [0.15, 0.2) is 54.6 Å². The van der Waals surface area contributed by atoms with Gasteiger partial charge in [0.25, 0.3) is 5.91 Å². The van der Waals surface area contributed by atoms with Crippen molar-refractivity contribution in [2.75, 3.05) is 39.8 Å². The predicted octanol–water partition coefficient (Wildman–Crippen LogP) is 3.06. The molecular weight excluding hydrogens is 334 g/mol. The molecule has 2 aromatic carbocycles. The monoisotopic (exact) mass is 357 g/mol. The Labute approximate surface area is 154 Å². The Morgan fingerprint density at radius 2 is 1.80 bits per heavy atom. The van der Waals surface area contributed by atoms with Crippen molar-refractivity contribution in [3.8, 4) is 0 Å². The first kappa shape index (κ1) is 17.9. The molecule has 1 atom stereocenters. The van der Waals surface area contributed by atoms with Crippen LogP contribution in [0.25, 0.3) is 0 Å². The molecular formula is C20H24ClN3O. The Balaban J connectivity index is 1.70. The van der Waals surface area contributed by atoms with Crippen molar-refractivity contribution in [1.82, 2.24) is 15.1 Å². The number of amides is 1. The van der Waals surface area contributed by atoms with E-state index in [2.05, 4.69) is 46.4 Å². The fourth-order valence-corrected chi connectivity index (χ4v) is 3.38. The summed E-state index contributed by atoms with van der Waals surface area (Å²) in [7, 11) is 2.15. The fraction of sp³-hybridized carbons (Fsp3) is 0.350. The van der Waals surface area contributed by atoms with Crippen LogP contribution < -0.4 is 5.32 Å². The van der Waals surface area contributed by atoms with Gasteiger partial charge in [-0.15, -0.1) is 0 Å². The maximum Gasteiger partial charge on any atom is 0.251 e. The number of benzene rings is 2. The lowest BCUT2D eigenvalue weighted by atomic mass is 10.0. The van der Waals surface area contributed by atoms with Gasteiger partial charge in [-0.1, -0.05) is 48.0 Å². The highest BCUT2D eigenvalue weighted by Crippen LogP contribution is 2.21. The van der Waals surface area contributed by atoms with Crippen molar-refractivity contribution < 1.29 is 4.79 Å². The normalized spacial score (nSPS) is 17.2. The average Bonchev–Trinajstić information content (AvgIpc) is 2.64. The van der Waals surface area contributed by atoms with E-state index in [9.17, 15) is 4.79 Å². The van der Waals surface area contributed by atoms with E-state index < -0.39 is 0 Å². The SMILES string of the molecule is CN1CCN(C(CNC(=O)c2cccc(Cl)c2)c2ccccc2)CC1. The van der Waals surface area contributed by atoms with E-state index in [1.165, 1.54) is 5.56 Å². The van der Waals surface area contributed by atoms with Crippen LogP contribution in [0.5, 0.6) is 0 Å². The molecule has 1 fully saturated rings. The van der Waals surface area contributed by atoms with E-state index in [4.69, 9.17) is 11.6 Å². The highest BCUT2D eigenvalue weighted by Gasteiger charge is 2.24. The lowest BCUT2D eigenvalue weighted by molar-refractivity contribution is 0.0886. The van der Waals surface area contributed by atoms with Crippen molar-refractivity contribution in [1.29, 1.82) is 0 Å². The molecule has 4 nitrogen and oxygen atoms in total. The number of nitrogens with one attached hydrogen (secondary N) is 1. The van der Waals surface area contributed by atoms with E-state index in [0.717, 1.165) is 26.2 Å². The van der Waals surface area contributed by atoms with Crippen molar-refractivity contribution in [3.63, 3.8) is 0 Å². The first-order valence-corrected chi connectivity index (χ1v) is 9.02. The number of carbonyl (C=O) groups is 1. The minimum Gasteiger partial charge on any atom is -0.350 e. The number of hydrogen-bond donors (Lipinski definition) is 1. The lowest BCUT2D eigenvalue weighted by Crippen LogP contribution is -2.48. The second kappa shape index (κ2) is 8.48. The maximum absolute atomic E-state index is 12.5. The molecule has 25 heavy (non-hydrogen) atoms. The highest BCUT2D eigenvalue weighted by molar-refractivity contribution is 6.30. The Bertz CT molecular complexity index is 699. The van der Waals surface area contributed by atoms with Gasteiger partial charge in [0.2, 0.25) is 0 Å². The van der Waals surface area contributed by atoms with Crippen LogP contribution in [0.3, 0.4) is 0 Å². The minimum absolute atomic E-state index is 0.0856. The van der Waals surface area contributed by atoms with Crippen LogP contribution in [-0.2, 0) is 0 Å². The second-order valence-electron chi connectivity index (χ2n) is 6.49. The van der Waals surface area contributed by atoms with Gasteiger partial charge in [0.05, 0.1) is 6.04 Å². The van der Waals surface area contributed by atoms with Crippen LogP contribution in [0, 0.1) is 0 Å². The van der Waals surface area contributed by atoms with Crippen molar-refractivity contribution in [2.45, 2.75) is 6.04 Å². The number of nitrogens with zero attached hydrogens (tertiary/aromatic N) is 2. The Morgan fingerprint density at radius 1 is 1.08 bits per heavy atom. The molecule has 0 aliphatic carbocycles. The summed E-state index contributed by atoms with van der Waals surface area (Å²) in [6.07, 6.45) is 0. The topological polar surface area (TPSA) is 35.6 Å². The van der Waals surface area contributed by atoms with Gasteiger partial charge in [-0.3, -0.25) is 9.69 Å². The standard InChI is InChI=1S/C20H24ClN3O/c1-23-10-12-24(13-11-23)19(16-6-3-2-4-7-16)15-22-20(25)17-8-5-9-18(21)14-17/h2-9,14,19H,10-13,15H2,1H3,(H,22,25). The van der Waals surface area contributed by atoms with E-state index in [-0.39, 0.29) is 11.9 Å². The van der Waals surface area contributed by atoms with Gasteiger partial charge < -0.3 is 10.2 Å². The third-order valence-corrected chi connectivity index (χ3v) is 4.94. The molecule has 0 spiro atoms. The van der Waals surface area contributed by atoms with Crippen LogP contribution in [0.1, 0.15) is 22.0 Å². The van der Waals surface area contributed by atoms with E-state index >= 15 is 0 Å². The molecule has 5 heteroatoms. The number of piperazine rings is 1. The Kier molecular flexibility index (Phi) is 6.08. The van der Waals surface area contributed by atoms with E-state index in [1.807, 2.05) is 6.07 Å². The van der Waals surface area contributed by atoms with Gasteiger partial charge in [-0.2, -0.15) is 0 Å². The fourth-order valence-electron chi connectivity index (χ4n) is 3.19. The van der Waals surface area contributed by atoms with Crippen LogP contribution in [0.2, 0.25) is 5.02 Å². The van der Waals surface area contributed by atoms with Crippen LogP contribution >= 0.6 is 11.6 Å². The van der Waals surface area contributed by atoms with Gasteiger partial charge in [0, 0.05) is 43.3 Å². The largest absolute Gasteiger partial charge is 0.350 e. The Morgan fingerprint density at radius 3 is 2.48 bits per heavy atom. The Hall–Kier alpha value is -1.88. The van der Waals surface area contributed by atoms with Crippen LogP contribution in [0.4, 0.5) is 0 Å². The first-order chi connectivity index (χ1) is 12.1. The molecule has 1 heterocycles. The number of carbonyl (C=O) groups excluding carboxylic acids is 1. The van der Waals surface area contributed by atoms with Gasteiger partial charge in [0.1, 0.15) is 0 Å². The molecule has 2 aromatic rings. The summed E-state index contributed by atoms with van der Waals surface area (Å²) in [6.45, 7) is 4.68. The van der Waals surface area contributed by atoms with Gasteiger partial charge in [-0.25, -0.2) is 0 Å². The molecule has 0 saturated carbocycles. The summed E-state index contributed by atoms with van der Waals surface area (Å²) < 4.78 is 0. The minimum atomic E-state index is -0.0856. The molecule has 0 radical (unpaired) electrons. The van der Waals surface area contributed by atoms with E-state index in [1.54, 1.807) is 24.3 Å². The summed E-state index contributed by atoms with van der Waals surface area (Å²) >= 11 is 5.99. The molecule has 1 N–H and O–H groups in total. The van der Waals surface area contributed by atoms with Crippen molar-refractivity contribution in [2.24, 2.45) is 0 Å². The number of rotatable bonds is 5. The molecule has 1 aliphatic rings. The van der Waals surface area contributed by atoms with Gasteiger partial charge in [-0.05, 0) is 30.8 Å². The highest BCUT2D eigenvalue weighted by atomic mass is 35.5. The number of halogens is 1. The zero-order valence-electron chi connectivity index (χ0n) is 14.5. The third-order valence-electron chi connectivity index (χ3n) is 4.71. The zero-order valence-corrected chi connectivity index (χ0v) is 15.2. The maximum atomic E-state index is 12.5. The molecule has 132 valence electrons. The molecule has 0 bridgehead atoms. The first-order valence-electron chi connectivity index (χ1n) is 8.65.